The van der Waals surface area contributed by atoms with Crippen LogP contribution in [0.2, 0.25) is 0 Å². The van der Waals surface area contributed by atoms with E-state index in [0.717, 1.165) is 0 Å². The van der Waals surface area contributed by atoms with E-state index in [1.54, 1.807) is 27.7 Å². The molecule has 6 heteroatoms. The zero-order valence-corrected chi connectivity index (χ0v) is 12.5. The molecule has 0 atom stereocenters. The van der Waals surface area contributed by atoms with Gasteiger partial charge in [-0.3, -0.25) is 4.72 Å². The van der Waals surface area contributed by atoms with Crippen LogP contribution < -0.4 is 4.72 Å². The molecule has 3 nitrogen and oxygen atoms in total. The predicted molar refractivity (Wildman–Crippen MR) is 71.1 cm³/mol. The van der Waals surface area contributed by atoms with Crippen LogP contribution in [-0.2, 0) is 10.0 Å². The average Bonchev–Trinajstić information content (AvgIpc) is 2.12. The van der Waals surface area contributed by atoms with Crippen molar-refractivity contribution in [1.29, 1.82) is 0 Å². The summed E-state index contributed by atoms with van der Waals surface area (Å²) in [7, 11) is -3.50. The van der Waals surface area contributed by atoms with Gasteiger partial charge >= 0.3 is 0 Å². The highest BCUT2D eigenvalue weighted by Crippen LogP contribution is 2.27. The lowest BCUT2D eigenvalue weighted by Gasteiger charge is -2.21. The van der Waals surface area contributed by atoms with Crippen molar-refractivity contribution in [2.24, 2.45) is 0 Å². The average molecular weight is 324 g/mol. The van der Waals surface area contributed by atoms with Crippen LogP contribution in [0.4, 0.5) is 10.1 Å². The van der Waals surface area contributed by atoms with E-state index in [9.17, 15) is 12.8 Å². The number of hydrogen-bond donors (Lipinski definition) is 1. The summed E-state index contributed by atoms with van der Waals surface area (Å²) in [5.74, 6) is -0.416. The molecule has 1 rings (SSSR count). The first-order valence-electron chi connectivity index (χ1n) is 5.02. The molecule has 1 N–H and O–H groups in total. The highest BCUT2D eigenvalue weighted by Gasteiger charge is 2.29. The third kappa shape index (κ3) is 3.19. The largest absolute Gasteiger partial charge is 0.283 e. The quantitative estimate of drug-likeness (QED) is 0.906. The fourth-order valence-corrected chi connectivity index (χ4v) is 2.21. The van der Waals surface area contributed by atoms with E-state index in [-0.39, 0.29) is 4.47 Å². The Morgan fingerprint density at radius 3 is 2.29 bits per heavy atom. The van der Waals surface area contributed by atoms with Crippen molar-refractivity contribution < 1.29 is 12.8 Å². The summed E-state index contributed by atoms with van der Waals surface area (Å²) in [6, 6.07) is 2.71. The third-order valence-electron chi connectivity index (χ3n) is 2.32. The molecular formula is C11H15BrFNO2S. The van der Waals surface area contributed by atoms with Gasteiger partial charge in [0.05, 0.1) is 14.9 Å². The van der Waals surface area contributed by atoms with Gasteiger partial charge in [-0.15, -0.1) is 0 Å². The lowest BCUT2D eigenvalue weighted by molar-refractivity contribution is 0.566. The van der Waals surface area contributed by atoms with E-state index in [4.69, 9.17) is 0 Å². The molecule has 0 unspecified atom stereocenters. The van der Waals surface area contributed by atoms with Gasteiger partial charge < -0.3 is 0 Å². The zero-order chi connectivity index (χ0) is 13.4. The number of benzene rings is 1. The summed E-state index contributed by atoms with van der Waals surface area (Å²) in [5, 5.41) is 0. The summed E-state index contributed by atoms with van der Waals surface area (Å²) in [6.45, 7) is 6.45. The first kappa shape index (κ1) is 14.4. The first-order valence-corrected chi connectivity index (χ1v) is 7.30. The van der Waals surface area contributed by atoms with Crippen molar-refractivity contribution in [2.75, 3.05) is 4.72 Å². The molecule has 17 heavy (non-hydrogen) atoms. The molecule has 96 valence electrons. The van der Waals surface area contributed by atoms with Gasteiger partial charge in [0.2, 0.25) is 10.0 Å². The molecule has 0 saturated heterocycles. The first-order chi connectivity index (χ1) is 7.54. The van der Waals surface area contributed by atoms with Gasteiger partial charge in [-0.05, 0) is 61.3 Å². The SMILES string of the molecule is Cc1cc(F)c(Br)cc1NS(=O)(=O)C(C)(C)C. The predicted octanol–water partition coefficient (Wildman–Crippen LogP) is 3.44. The Morgan fingerprint density at radius 1 is 1.29 bits per heavy atom. The molecule has 0 amide bonds. The molecule has 0 spiro atoms. The Balaban J connectivity index is 3.18. The number of aryl methyl sites for hydroxylation is 1. The summed E-state index contributed by atoms with van der Waals surface area (Å²) in [4.78, 5) is 0. The van der Waals surface area contributed by atoms with Crippen LogP contribution in [0.3, 0.4) is 0 Å². The topological polar surface area (TPSA) is 46.2 Å². The van der Waals surface area contributed by atoms with Crippen molar-refractivity contribution >= 4 is 31.6 Å². The zero-order valence-electron chi connectivity index (χ0n) is 10.1. The van der Waals surface area contributed by atoms with Gasteiger partial charge in [0.15, 0.2) is 0 Å². The molecular weight excluding hydrogens is 309 g/mol. The highest BCUT2D eigenvalue weighted by atomic mass is 79.9. The summed E-state index contributed by atoms with van der Waals surface area (Å²) >= 11 is 3.03. The van der Waals surface area contributed by atoms with Crippen molar-refractivity contribution in [3.8, 4) is 0 Å². The Morgan fingerprint density at radius 2 is 1.82 bits per heavy atom. The molecule has 0 aliphatic heterocycles. The number of anilines is 1. The maximum atomic E-state index is 13.2. The minimum atomic E-state index is -3.50. The second-order valence-electron chi connectivity index (χ2n) is 4.80. The summed E-state index contributed by atoms with van der Waals surface area (Å²) in [6.07, 6.45) is 0. The van der Waals surface area contributed by atoms with E-state index in [1.165, 1.54) is 12.1 Å². The van der Waals surface area contributed by atoms with E-state index in [1.807, 2.05) is 0 Å². The molecule has 1 aromatic rings. The number of sulfonamides is 1. The van der Waals surface area contributed by atoms with Crippen molar-refractivity contribution in [2.45, 2.75) is 32.4 Å². The Kier molecular flexibility index (Phi) is 3.88. The molecule has 1 aromatic carbocycles. The van der Waals surface area contributed by atoms with Crippen LogP contribution in [0.15, 0.2) is 16.6 Å². The monoisotopic (exact) mass is 323 g/mol. The Bertz CT molecular complexity index is 535. The minimum absolute atomic E-state index is 0.231. The summed E-state index contributed by atoms with van der Waals surface area (Å²) < 4.78 is 38.9. The van der Waals surface area contributed by atoms with Crippen LogP contribution in [0, 0.1) is 12.7 Å². The van der Waals surface area contributed by atoms with Gasteiger partial charge in [0.1, 0.15) is 5.82 Å². The van der Waals surface area contributed by atoms with Gasteiger partial charge in [-0.1, -0.05) is 0 Å². The van der Waals surface area contributed by atoms with Crippen LogP contribution >= 0.6 is 15.9 Å². The van der Waals surface area contributed by atoms with Crippen LogP contribution in [0.1, 0.15) is 26.3 Å². The Labute approximate surface area is 110 Å². The minimum Gasteiger partial charge on any atom is -0.283 e. The molecule has 0 radical (unpaired) electrons. The highest BCUT2D eigenvalue weighted by molar-refractivity contribution is 9.10. The van der Waals surface area contributed by atoms with Gasteiger partial charge in [-0.2, -0.15) is 0 Å². The summed E-state index contributed by atoms with van der Waals surface area (Å²) in [5.41, 5.74) is 0.923. The number of nitrogens with one attached hydrogen (secondary N) is 1. The number of halogens is 2. The van der Waals surface area contributed by atoms with Gasteiger partial charge in [0, 0.05) is 0 Å². The fourth-order valence-electron chi connectivity index (χ4n) is 1.05. The normalized spacial score (nSPS) is 12.6. The van der Waals surface area contributed by atoms with Crippen molar-refractivity contribution in [3.05, 3.63) is 28.0 Å². The number of hydrogen-bond acceptors (Lipinski definition) is 2. The van der Waals surface area contributed by atoms with Gasteiger partial charge in [0.25, 0.3) is 0 Å². The van der Waals surface area contributed by atoms with E-state index < -0.39 is 20.6 Å². The maximum Gasteiger partial charge on any atom is 0.237 e. The van der Waals surface area contributed by atoms with E-state index >= 15 is 0 Å². The molecule has 0 aliphatic rings. The van der Waals surface area contributed by atoms with E-state index in [2.05, 4.69) is 20.7 Å². The Hall–Kier alpha value is -0.620. The molecule has 0 saturated carbocycles. The second kappa shape index (κ2) is 4.57. The lowest BCUT2D eigenvalue weighted by atomic mass is 10.2. The van der Waals surface area contributed by atoms with E-state index in [0.29, 0.717) is 11.3 Å². The van der Waals surface area contributed by atoms with Crippen LogP contribution in [0.25, 0.3) is 0 Å². The molecule has 0 aromatic heterocycles. The van der Waals surface area contributed by atoms with Crippen molar-refractivity contribution in [3.63, 3.8) is 0 Å². The third-order valence-corrected chi connectivity index (χ3v) is 5.03. The number of rotatable bonds is 2. The standard InChI is InChI=1S/C11H15BrFNO2S/c1-7-5-9(13)8(12)6-10(7)14-17(15,16)11(2,3)4/h5-6,14H,1-4H3. The molecule has 0 heterocycles. The van der Waals surface area contributed by atoms with Gasteiger partial charge in [-0.25, -0.2) is 12.8 Å². The maximum absolute atomic E-state index is 13.2. The fraction of sp³-hybridized carbons (Fsp3) is 0.455. The second-order valence-corrected chi connectivity index (χ2v) is 8.09. The smallest absolute Gasteiger partial charge is 0.237 e. The lowest BCUT2D eigenvalue weighted by Crippen LogP contribution is -2.33. The molecule has 0 bridgehead atoms. The molecule has 0 aliphatic carbocycles. The van der Waals surface area contributed by atoms with Crippen LogP contribution in [0.5, 0.6) is 0 Å². The molecule has 0 fully saturated rings. The van der Waals surface area contributed by atoms with Crippen LogP contribution in [-0.4, -0.2) is 13.2 Å². The van der Waals surface area contributed by atoms with Crippen molar-refractivity contribution in [1.82, 2.24) is 0 Å².